The van der Waals surface area contributed by atoms with Crippen molar-refractivity contribution in [1.29, 1.82) is 0 Å². The molecule has 1 amide bonds. The number of hydrogen-bond acceptors (Lipinski definition) is 4. The van der Waals surface area contributed by atoms with Crippen molar-refractivity contribution < 1.29 is 13.9 Å². The number of carbonyl (C=O) groups is 1. The van der Waals surface area contributed by atoms with E-state index in [1.165, 1.54) is 12.3 Å². The molecule has 0 aliphatic heterocycles. The van der Waals surface area contributed by atoms with E-state index >= 15 is 0 Å². The molecule has 19 heavy (non-hydrogen) atoms. The first-order valence-electron chi connectivity index (χ1n) is 6.25. The molecule has 1 aromatic heterocycles. The van der Waals surface area contributed by atoms with Crippen LogP contribution in [0.2, 0.25) is 0 Å². The van der Waals surface area contributed by atoms with Crippen LogP contribution in [0.5, 0.6) is 0 Å². The summed E-state index contributed by atoms with van der Waals surface area (Å²) >= 11 is 0. The fraction of sp³-hybridized carbons (Fsp3) is 0.538. The minimum atomic E-state index is -0.624. The molecule has 106 valence electrons. The van der Waals surface area contributed by atoms with Gasteiger partial charge in [-0.25, -0.2) is 9.37 Å². The van der Waals surface area contributed by atoms with Gasteiger partial charge in [-0.3, -0.25) is 4.79 Å². The summed E-state index contributed by atoms with van der Waals surface area (Å²) in [5.74, 6) is -0.796. The van der Waals surface area contributed by atoms with Crippen LogP contribution in [-0.2, 0) is 4.74 Å². The Hall–Kier alpha value is -1.69. The lowest BCUT2D eigenvalue weighted by Gasteiger charge is -2.12. The van der Waals surface area contributed by atoms with Crippen molar-refractivity contribution in [2.24, 2.45) is 5.92 Å². The van der Waals surface area contributed by atoms with Gasteiger partial charge >= 0.3 is 0 Å². The Balaban J connectivity index is 2.69. The summed E-state index contributed by atoms with van der Waals surface area (Å²) in [5.41, 5.74) is -0.00410. The number of rotatable bonds is 7. The standard InChI is InChI=1S/C13H20FN3O2/c1-4-15-12-11(14)10(5-6-16-12)13(18)17-7-9(2)8-19-3/h5-6,9H,4,7-8H2,1-3H3,(H,15,16)(H,17,18). The van der Waals surface area contributed by atoms with Gasteiger partial charge in [0.1, 0.15) is 0 Å². The molecule has 6 heteroatoms. The third-order valence-electron chi connectivity index (χ3n) is 2.54. The monoisotopic (exact) mass is 269 g/mol. The lowest BCUT2D eigenvalue weighted by atomic mass is 10.2. The minimum Gasteiger partial charge on any atom is -0.384 e. The van der Waals surface area contributed by atoms with Crippen molar-refractivity contribution in [3.05, 3.63) is 23.6 Å². The third-order valence-corrected chi connectivity index (χ3v) is 2.54. The molecule has 0 aliphatic carbocycles. The second-order valence-corrected chi connectivity index (χ2v) is 4.32. The van der Waals surface area contributed by atoms with Gasteiger partial charge in [-0.1, -0.05) is 6.92 Å². The summed E-state index contributed by atoms with van der Waals surface area (Å²) in [6, 6.07) is 1.37. The van der Waals surface area contributed by atoms with E-state index in [-0.39, 0.29) is 17.3 Å². The predicted molar refractivity (Wildman–Crippen MR) is 71.7 cm³/mol. The highest BCUT2D eigenvalue weighted by molar-refractivity contribution is 5.95. The molecule has 1 unspecified atom stereocenters. The summed E-state index contributed by atoms with van der Waals surface area (Å²) in [5, 5.41) is 5.45. The number of aromatic nitrogens is 1. The molecule has 1 aromatic rings. The molecular weight excluding hydrogens is 249 g/mol. The van der Waals surface area contributed by atoms with Gasteiger partial charge in [0.15, 0.2) is 11.6 Å². The van der Waals surface area contributed by atoms with Crippen molar-refractivity contribution in [2.45, 2.75) is 13.8 Å². The summed E-state index contributed by atoms with van der Waals surface area (Å²) in [4.78, 5) is 15.7. The summed E-state index contributed by atoms with van der Waals surface area (Å²) < 4.78 is 18.9. The highest BCUT2D eigenvalue weighted by Crippen LogP contribution is 2.14. The van der Waals surface area contributed by atoms with Gasteiger partial charge in [-0.15, -0.1) is 0 Å². The van der Waals surface area contributed by atoms with Crippen molar-refractivity contribution in [3.8, 4) is 0 Å². The molecule has 0 saturated carbocycles. The van der Waals surface area contributed by atoms with Gasteiger partial charge in [0.05, 0.1) is 12.2 Å². The fourth-order valence-electron chi connectivity index (χ4n) is 1.62. The average molecular weight is 269 g/mol. The fourth-order valence-corrected chi connectivity index (χ4v) is 1.62. The van der Waals surface area contributed by atoms with Crippen LogP contribution in [0.25, 0.3) is 0 Å². The maximum Gasteiger partial charge on any atom is 0.254 e. The molecule has 0 saturated heterocycles. The number of carbonyl (C=O) groups excluding carboxylic acids is 1. The number of anilines is 1. The normalized spacial score (nSPS) is 12.0. The van der Waals surface area contributed by atoms with E-state index in [1.54, 1.807) is 7.11 Å². The van der Waals surface area contributed by atoms with E-state index in [9.17, 15) is 9.18 Å². The Labute approximate surface area is 112 Å². The zero-order valence-electron chi connectivity index (χ0n) is 11.5. The van der Waals surface area contributed by atoms with Crippen molar-refractivity contribution in [3.63, 3.8) is 0 Å². The predicted octanol–water partition coefficient (Wildman–Crippen LogP) is 1.66. The number of amides is 1. The molecular formula is C13H20FN3O2. The van der Waals surface area contributed by atoms with Gasteiger partial charge in [0.25, 0.3) is 5.91 Å². The molecule has 0 aromatic carbocycles. The molecule has 0 fully saturated rings. The quantitative estimate of drug-likeness (QED) is 0.790. The molecule has 0 radical (unpaired) electrons. The minimum absolute atomic E-state index is 0.00410. The maximum atomic E-state index is 14.0. The molecule has 1 heterocycles. The van der Waals surface area contributed by atoms with Crippen LogP contribution >= 0.6 is 0 Å². The van der Waals surface area contributed by atoms with Crippen molar-refractivity contribution in [1.82, 2.24) is 10.3 Å². The number of nitrogens with zero attached hydrogens (tertiary/aromatic N) is 1. The lowest BCUT2D eigenvalue weighted by molar-refractivity contribution is 0.0930. The van der Waals surface area contributed by atoms with Crippen LogP contribution in [0.15, 0.2) is 12.3 Å². The Morgan fingerprint density at radius 1 is 1.58 bits per heavy atom. The van der Waals surface area contributed by atoms with Crippen LogP contribution < -0.4 is 10.6 Å². The largest absolute Gasteiger partial charge is 0.384 e. The van der Waals surface area contributed by atoms with E-state index < -0.39 is 11.7 Å². The van der Waals surface area contributed by atoms with Gasteiger partial charge < -0.3 is 15.4 Å². The smallest absolute Gasteiger partial charge is 0.254 e. The summed E-state index contributed by atoms with van der Waals surface area (Å²) in [7, 11) is 1.60. The highest BCUT2D eigenvalue weighted by atomic mass is 19.1. The van der Waals surface area contributed by atoms with Crippen LogP contribution in [0.4, 0.5) is 10.2 Å². The van der Waals surface area contributed by atoms with Crippen LogP contribution in [0, 0.1) is 11.7 Å². The van der Waals surface area contributed by atoms with E-state index in [2.05, 4.69) is 15.6 Å². The van der Waals surface area contributed by atoms with Crippen molar-refractivity contribution in [2.75, 3.05) is 32.1 Å². The Bertz CT molecular complexity index is 426. The van der Waals surface area contributed by atoms with Gasteiger partial charge in [-0.05, 0) is 18.9 Å². The number of halogens is 1. The third kappa shape index (κ3) is 4.48. The molecule has 2 N–H and O–H groups in total. The number of pyridine rings is 1. The molecule has 1 rings (SSSR count). The van der Waals surface area contributed by atoms with Gasteiger partial charge in [0, 0.05) is 26.4 Å². The van der Waals surface area contributed by atoms with E-state index in [0.29, 0.717) is 19.7 Å². The SMILES string of the molecule is CCNc1nccc(C(=O)NCC(C)COC)c1F. The van der Waals surface area contributed by atoms with Crippen LogP contribution in [0.1, 0.15) is 24.2 Å². The van der Waals surface area contributed by atoms with Crippen molar-refractivity contribution >= 4 is 11.7 Å². The maximum absolute atomic E-state index is 14.0. The molecule has 0 spiro atoms. The zero-order chi connectivity index (χ0) is 14.3. The average Bonchev–Trinajstić information content (AvgIpc) is 2.39. The first-order chi connectivity index (χ1) is 9.10. The Morgan fingerprint density at radius 2 is 2.32 bits per heavy atom. The summed E-state index contributed by atoms with van der Waals surface area (Å²) in [6.45, 7) is 5.30. The molecule has 5 nitrogen and oxygen atoms in total. The molecule has 0 aliphatic rings. The molecule has 1 atom stereocenters. The van der Waals surface area contributed by atoms with E-state index in [0.717, 1.165) is 0 Å². The molecule has 0 bridgehead atoms. The van der Waals surface area contributed by atoms with E-state index in [1.807, 2.05) is 13.8 Å². The zero-order valence-corrected chi connectivity index (χ0v) is 11.5. The number of ether oxygens (including phenoxy) is 1. The second-order valence-electron chi connectivity index (χ2n) is 4.32. The van der Waals surface area contributed by atoms with Gasteiger partial charge in [-0.2, -0.15) is 0 Å². The highest BCUT2D eigenvalue weighted by Gasteiger charge is 2.16. The number of methoxy groups -OCH3 is 1. The Morgan fingerprint density at radius 3 is 2.95 bits per heavy atom. The van der Waals surface area contributed by atoms with Crippen LogP contribution in [0.3, 0.4) is 0 Å². The summed E-state index contributed by atoms with van der Waals surface area (Å²) in [6.07, 6.45) is 1.41. The lowest BCUT2D eigenvalue weighted by Crippen LogP contribution is -2.30. The first kappa shape index (κ1) is 15.4. The second kappa shape index (κ2) is 7.68. The number of hydrogen-bond donors (Lipinski definition) is 2. The Kier molecular flexibility index (Phi) is 6.21. The van der Waals surface area contributed by atoms with Gasteiger partial charge in [0.2, 0.25) is 0 Å². The van der Waals surface area contributed by atoms with E-state index in [4.69, 9.17) is 4.74 Å². The van der Waals surface area contributed by atoms with Crippen LogP contribution in [-0.4, -0.2) is 37.7 Å². The first-order valence-corrected chi connectivity index (χ1v) is 6.25. The topological polar surface area (TPSA) is 63.2 Å². The number of nitrogens with one attached hydrogen (secondary N) is 2.